The van der Waals surface area contributed by atoms with Crippen molar-refractivity contribution in [3.8, 4) is 16.5 Å². The molecule has 3 aromatic rings. The lowest BCUT2D eigenvalue weighted by atomic mass is 10.0. The number of nitriles is 1. The fraction of sp³-hybridized carbons (Fsp3) is 0.406. The summed E-state index contributed by atoms with van der Waals surface area (Å²) in [5, 5.41) is 41.8. The Bertz CT molecular complexity index is 1420. The number of allylic oxidation sites excluding steroid dienone is 2. The highest BCUT2D eigenvalue weighted by atomic mass is 32.1. The average Bonchev–Trinajstić information content (AvgIpc) is 3.48. The van der Waals surface area contributed by atoms with Crippen LogP contribution in [0.4, 0.5) is 5.69 Å². The minimum Gasteiger partial charge on any atom is -0.398 e. The largest absolute Gasteiger partial charge is 0.398 e. The van der Waals surface area contributed by atoms with E-state index in [1.807, 2.05) is 13.0 Å². The molecule has 6 N–H and O–H groups in total. The number of rotatable bonds is 8. The molecule has 0 aliphatic carbocycles. The Morgan fingerprint density at radius 1 is 1.12 bits per heavy atom. The van der Waals surface area contributed by atoms with Gasteiger partial charge in [0.1, 0.15) is 6.07 Å². The van der Waals surface area contributed by atoms with Crippen molar-refractivity contribution >= 4 is 33.4 Å². The quantitative estimate of drug-likeness (QED) is 0.194. The Morgan fingerprint density at radius 3 is 2.55 bits per heavy atom. The summed E-state index contributed by atoms with van der Waals surface area (Å²) in [6.07, 6.45) is -1.20. The van der Waals surface area contributed by atoms with Crippen molar-refractivity contribution in [1.29, 1.82) is 5.26 Å². The molecule has 3 atom stereocenters. The maximum atomic E-state index is 9.36. The van der Waals surface area contributed by atoms with Crippen LogP contribution in [0.25, 0.3) is 26.8 Å². The zero-order valence-corrected chi connectivity index (χ0v) is 24.8. The predicted molar refractivity (Wildman–Crippen MR) is 168 cm³/mol. The molecule has 42 heavy (non-hydrogen) atoms. The fourth-order valence-corrected chi connectivity index (χ4v) is 6.00. The van der Waals surface area contributed by atoms with E-state index in [2.05, 4.69) is 65.3 Å². The van der Waals surface area contributed by atoms with E-state index in [1.54, 1.807) is 11.3 Å². The number of aliphatic hydroxyl groups is 3. The van der Waals surface area contributed by atoms with Crippen LogP contribution in [-0.2, 0) is 9.47 Å². The van der Waals surface area contributed by atoms with Gasteiger partial charge in [-0.05, 0) is 59.2 Å². The Hall–Kier alpha value is -3.27. The van der Waals surface area contributed by atoms with Gasteiger partial charge in [-0.25, -0.2) is 0 Å². The molecule has 3 unspecified atom stereocenters. The third-order valence-electron chi connectivity index (χ3n) is 7.33. The Morgan fingerprint density at radius 2 is 1.86 bits per heavy atom. The van der Waals surface area contributed by atoms with Crippen molar-refractivity contribution in [3.63, 3.8) is 0 Å². The molecule has 2 aromatic carbocycles. The molecule has 0 spiro atoms. The number of nitrogens with zero attached hydrogens (tertiary/aromatic N) is 2. The summed E-state index contributed by atoms with van der Waals surface area (Å²) in [6.45, 7) is 11.1. The Kier molecular flexibility index (Phi) is 11.5. The number of anilines is 1. The third kappa shape index (κ3) is 8.63. The zero-order valence-electron chi connectivity index (χ0n) is 24.0. The number of ether oxygens (including phenoxy) is 2. The van der Waals surface area contributed by atoms with Gasteiger partial charge in [0, 0.05) is 60.2 Å². The molecule has 9 nitrogen and oxygen atoms in total. The topological polar surface area (TPSA) is 144 Å². The summed E-state index contributed by atoms with van der Waals surface area (Å²) in [6, 6.07) is 19.4. The van der Waals surface area contributed by atoms with Crippen LogP contribution in [0.5, 0.6) is 0 Å². The van der Waals surface area contributed by atoms with E-state index >= 15 is 0 Å². The predicted octanol–water partition coefficient (Wildman–Crippen LogP) is 3.92. The molecular weight excluding hydrogens is 552 g/mol. The number of aliphatic hydroxyl groups excluding tert-OH is 3. The van der Waals surface area contributed by atoms with Crippen LogP contribution < -0.4 is 11.1 Å². The molecule has 2 fully saturated rings. The van der Waals surface area contributed by atoms with Gasteiger partial charge >= 0.3 is 0 Å². The molecule has 10 heteroatoms. The molecule has 224 valence electrons. The van der Waals surface area contributed by atoms with Gasteiger partial charge in [0.15, 0.2) is 6.29 Å². The highest BCUT2D eigenvalue weighted by Gasteiger charge is 2.26. The van der Waals surface area contributed by atoms with Gasteiger partial charge in [0.2, 0.25) is 0 Å². The van der Waals surface area contributed by atoms with Gasteiger partial charge in [-0.3, -0.25) is 4.90 Å². The number of nitrogens with one attached hydrogen (secondary N) is 1. The van der Waals surface area contributed by atoms with Gasteiger partial charge in [-0.1, -0.05) is 24.8 Å². The van der Waals surface area contributed by atoms with Crippen LogP contribution in [0, 0.1) is 11.3 Å². The maximum absolute atomic E-state index is 9.36. The number of fused-ring (bicyclic) bond motifs is 1. The van der Waals surface area contributed by atoms with E-state index in [9.17, 15) is 5.26 Å². The lowest BCUT2D eigenvalue weighted by molar-refractivity contribution is -0.197. The smallest absolute Gasteiger partial charge is 0.157 e. The van der Waals surface area contributed by atoms with Gasteiger partial charge in [0.05, 0.1) is 37.6 Å². The van der Waals surface area contributed by atoms with E-state index in [0.717, 1.165) is 60.4 Å². The van der Waals surface area contributed by atoms with Gasteiger partial charge in [-0.15, -0.1) is 11.3 Å². The molecule has 5 rings (SSSR count). The van der Waals surface area contributed by atoms with Crippen LogP contribution >= 0.6 is 11.3 Å². The fourth-order valence-electron chi connectivity index (χ4n) is 4.99. The second-order valence-electron chi connectivity index (χ2n) is 10.5. The molecule has 2 saturated heterocycles. The molecule has 2 aliphatic heterocycles. The number of hydrogen-bond donors (Lipinski definition) is 5. The van der Waals surface area contributed by atoms with E-state index in [-0.39, 0.29) is 13.0 Å². The first-order valence-corrected chi connectivity index (χ1v) is 15.0. The maximum Gasteiger partial charge on any atom is 0.157 e. The summed E-state index contributed by atoms with van der Waals surface area (Å²) in [5.41, 5.74) is 9.69. The molecule has 0 radical (unpaired) electrons. The number of morpholine rings is 1. The summed E-state index contributed by atoms with van der Waals surface area (Å²) in [5.74, 6) is 0. The molecular formula is C32H40N4O5S. The minimum atomic E-state index is -0.916. The molecule has 2 aliphatic rings. The van der Waals surface area contributed by atoms with Crippen molar-refractivity contribution in [2.24, 2.45) is 5.73 Å². The first kappa shape index (κ1) is 31.7. The SMILES string of the molecule is C=C(N)/C(C#N)=C(\C)c1ccc(-c2ccc3cc(NCCN4CCOCC4)ccc3c2)s1.OCC1CC(O)CC(O)O1. The normalized spacial score (nSPS) is 21.5. The summed E-state index contributed by atoms with van der Waals surface area (Å²) >= 11 is 1.66. The van der Waals surface area contributed by atoms with Crippen LogP contribution in [-0.4, -0.2) is 84.7 Å². The number of nitrogens with two attached hydrogens (primary N) is 1. The number of thiophene rings is 1. The Labute approximate surface area is 251 Å². The van der Waals surface area contributed by atoms with Crippen LogP contribution in [0.1, 0.15) is 24.6 Å². The second-order valence-corrected chi connectivity index (χ2v) is 11.6. The van der Waals surface area contributed by atoms with Gasteiger partial charge in [-0.2, -0.15) is 5.26 Å². The van der Waals surface area contributed by atoms with E-state index in [0.29, 0.717) is 17.7 Å². The summed E-state index contributed by atoms with van der Waals surface area (Å²) < 4.78 is 10.3. The highest BCUT2D eigenvalue weighted by molar-refractivity contribution is 7.16. The lowest BCUT2D eigenvalue weighted by Crippen LogP contribution is -2.38. The highest BCUT2D eigenvalue weighted by Crippen LogP contribution is 2.35. The molecule has 0 amide bonds. The van der Waals surface area contributed by atoms with Crippen molar-refractivity contribution in [2.75, 3.05) is 51.3 Å². The lowest BCUT2D eigenvalue weighted by Gasteiger charge is -2.28. The second kappa shape index (κ2) is 15.3. The van der Waals surface area contributed by atoms with Gasteiger partial charge in [0.25, 0.3) is 0 Å². The van der Waals surface area contributed by atoms with Crippen molar-refractivity contribution < 1.29 is 24.8 Å². The Balaban J connectivity index is 0.000000343. The third-order valence-corrected chi connectivity index (χ3v) is 8.58. The van der Waals surface area contributed by atoms with Crippen molar-refractivity contribution in [2.45, 2.75) is 38.3 Å². The van der Waals surface area contributed by atoms with Gasteiger partial charge < -0.3 is 35.8 Å². The van der Waals surface area contributed by atoms with E-state index in [1.165, 1.54) is 16.3 Å². The van der Waals surface area contributed by atoms with Crippen molar-refractivity contribution in [1.82, 2.24) is 4.90 Å². The van der Waals surface area contributed by atoms with Crippen LogP contribution in [0.3, 0.4) is 0 Å². The molecule has 1 aromatic heterocycles. The van der Waals surface area contributed by atoms with Crippen molar-refractivity contribution in [3.05, 3.63) is 71.3 Å². The first-order valence-electron chi connectivity index (χ1n) is 14.1. The minimum absolute atomic E-state index is 0.145. The van der Waals surface area contributed by atoms with Crippen LogP contribution in [0.15, 0.2) is 66.4 Å². The monoisotopic (exact) mass is 592 g/mol. The summed E-state index contributed by atoms with van der Waals surface area (Å²) in [4.78, 5) is 4.62. The molecule has 3 heterocycles. The van der Waals surface area contributed by atoms with E-state index in [4.69, 9.17) is 30.5 Å². The number of benzene rings is 2. The number of hydrogen-bond acceptors (Lipinski definition) is 10. The first-order chi connectivity index (χ1) is 20.3. The average molecular weight is 593 g/mol. The summed E-state index contributed by atoms with van der Waals surface area (Å²) in [7, 11) is 0. The van der Waals surface area contributed by atoms with E-state index < -0.39 is 18.5 Å². The molecule has 0 saturated carbocycles. The van der Waals surface area contributed by atoms with Crippen LogP contribution in [0.2, 0.25) is 0 Å². The zero-order chi connectivity index (χ0) is 30.1. The standard InChI is InChI=1S/C26H28N4OS.C6H12O4/c1-18(24(17-27)19(2)28)25-7-8-26(32-25)22-4-3-21-16-23(6-5-20(21)15-22)29-9-10-30-11-13-31-14-12-30;7-3-5-1-4(8)2-6(9)10-5/h3-8,15-16,29H,2,9-14,28H2,1H3;4-9H,1-3H2/b24-18+;. The molecule has 0 bridgehead atoms.